The molecule has 0 aliphatic rings. The number of hydrogen-bond acceptors (Lipinski definition) is 5. The molecule has 1 unspecified atom stereocenters. The van der Waals surface area contributed by atoms with Gasteiger partial charge in [-0.2, -0.15) is 0 Å². The highest BCUT2D eigenvalue weighted by Gasteiger charge is 2.20. The molecule has 0 aliphatic carbocycles. The fourth-order valence-electron chi connectivity index (χ4n) is 1.99. The molecule has 0 aromatic heterocycles. The van der Waals surface area contributed by atoms with Crippen molar-refractivity contribution in [2.75, 3.05) is 39.8 Å². The van der Waals surface area contributed by atoms with E-state index >= 15 is 0 Å². The van der Waals surface area contributed by atoms with E-state index in [-0.39, 0.29) is 0 Å². The molecule has 0 heterocycles. The first-order valence-electron chi connectivity index (χ1n) is 6.31. The van der Waals surface area contributed by atoms with Crippen LogP contribution in [-0.2, 0) is 0 Å². The average Bonchev–Trinajstić information content (AvgIpc) is 2.44. The normalized spacial score (nSPS) is 11.9. The fourth-order valence-corrected chi connectivity index (χ4v) is 1.99. The molecule has 0 radical (unpaired) electrons. The van der Waals surface area contributed by atoms with Crippen LogP contribution in [-0.4, -0.2) is 41.0 Å². The van der Waals surface area contributed by atoms with Crippen molar-refractivity contribution in [2.45, 2.75) is 19.4 Å². The van der Waals surface area contributed by atoms with Crippen molar-refractivity contribution in [2.24, 2.45) is 5.73 Å². The van der Waals surface area contributed by atoms with Crippen LogP contribution in [0.5, 0.6) is 17.2 Å². The summed E-state index contributed by atoms with van der Waals surface area (Å²) in [6.07, 6.45) is 0.898. The number of nitrogens with zero attached hydrogens (tertiary/aromatic N) is 1. The van der Waals surface area contributed by atoms with Crippen LogP contribution >= 0.6 is 0 Å². The topological polar surface area (TPSA) is 57.0 Å². The second-order valence-corrected chi connectivity index (χ2v) is 4.42. The summed E-state index contributed by atoms with van der Waals surface area (Å²) in [5.41, 5.74) is 6.53. The van der Waals surface area contributed by atoms with Crippen molar-refractivity contribution in [1.29, 1.82) is 0 Å². The van der Waals surface area contributed by atoms with Gasteiger partial charge in [-0.3, -0.25) is 0 Å². The molecule has 1 aromatic carbocycles. The highest BCUT2D eigenvalue weighted by atomic mass is 16.5. The first-order chi connectivity index (χ1) is 9.08. The molecule has 0 amide bonds. The molecule has 1 atom stereocenters. The van der Waals surface area contributed by atoms with E-state index in [2.05, 4.69) is 11.8 Å². The maximum atomic E-state index is 5.62. The Balaban J connectivity index is 3.23. The lowest BCUT2D eigenvalue weighted by atomic mass is 10.1. The van der Waals surface area contributed by atoms with Crippen molar-refractivity contribution in [3.8, 4) is 17.2 Å². The van der Waals surface area contributed by atoms with E-state index in [1.807, 2.05) is 19.2 Å². The Morgan fingerprint density at radius 3 is 2.00 bits per heavy atom. The molecule has 108 valence electrons. The van der Waals surface area contributed by atoms with Gasteiger partial charge in [0.05, 0.1) is 21.3 Å². The van der Waals surface area contributed by atoms with Crippen LogP contribution in [0.1, 0.15) is 13.3 Å². The van der Waals surface area contributed by atoms with Gasteiger partial charge in [-0.25, -0.2) is 0 Å². The third-order valence-electron chi connectivity index (χ3n) is 3.29. The first kappa shape index (κ1) is 15.4. The molecular formula is C14H24N2O3. The quantitative estimate of drug-likeness (QED) is 0.818. The summed E-state index contributed by atoms with van der Waals surface area (Å²) in [4.78, 5) is 2.12. The maximum absolute atomic E-state index is 5.62. The number of methoxy groups -OCH3 is 3. The van der Waals surface area contributed by atoms with Crippen LogP contribution in [0.25, 0.3) is 0 Å². The Bertz CT molecular complexity index is 385. The average molecular weight is 268 g/mol. The second-order valence-electron chi connectivity index (χ2n) is 4.42. The van der Waals surface area contributed by atoms with E-state index < -0.39 is 0 Å². The fraction of sp³-hybridized carbons (Fsp3) is 0.571. The van der Waals surface area contributed by atoms with E-state index in [0.29, 0.717) is 18.3 Å². The number of anilines is 1. The zero-order valence-electron chi connectivity index (χ0n) is 12.4. The monoisotopic (exact) mass is 268 g/mol. The molecule has 5 heteroatoms. The van der Waals surface area contributed by atoms with Gasteiger partial charge in [-0.05, 0) is 19.9 Å². The van der Waals surface area contributed by atoms with Gasteiger partial charge in [0, 0.05) is 25.2 Å². The Hall–Kier alpha value is -1.62. The lowest BCUT2D eigenvalue weighted by Gasteiger charge is -2.29. The summed E-state index contributed by atoms with van der Waals surface area (Å²) in [5.74, 6) is 2.16. The van der Waals surface area contributed by atoms with E-state index in [0.717, 1.165) is 23.6 Å². The summed E-state index contributed by atoms with van der Waals surface area (Å²) in [5, 5.41) is 0. The van der Waals surface area contributed by atoms with Crippen LogP contribution in [0.3, 0.4) is 0 Å². The van der Waals surface area contributed by atoms with Crippen molar-refractivity contribution in [3.63, 3.8) is 0 Å². The number of hydrogen-bond donors (Lipinski definition) is 1. The minimum atomic E-state index is 0.293. The van der Waals surface area contributed by atoms with Gasteiger partial charge in [-0.15, -0.1) is 0 Å². The number of ether oxygens (including phenoxy) is 3. The number of benzene rings is 1. The molecule has 2 N–H and O–H groups in total. The van der Waals surface area contributed by atoms with Gasteiger partial charge < -0.3 is 24.8 Å². The van der Waals surface area contributed by atoms with E-state index in [1.165, 1.54) is 0 Å². The Labute approximate surface area is 115 Å². The molecular weight excluding hydrogens is 244 g/mol. The van der Waals surface area contributed by atoms with Crippen LogP contribution in [0.2, 0.25) is 0 Å². The Morgan fingerprint density at radius 1 is 1.11 bits per heavy atom. The minimum Gasteiger partial charge on any atom is -0.496 e. The number of rotatable bonds is 7. The maximum Gasteiger partial charge on any atom is 0.149 e. The molecule has 5 nitrogen and oxygen atoms in total. The zero-order chi connectivity index (χ0) is 14.4. The van der Waals surface area contributed by atoms with Crippen molar-refractivity contribution in [1.82, 2.24) is 0 Å². The Morgan fingerprint density at radius 2 is 1.63 bits per heavy atom. The molecule has 1 rings (SSSR count). The van der Waals surface area contributed by atoms with Gasteiger partial charge in [0.25, 0.3) is 0 Å². The minimum absolute atomic E-state index is 0.293. The molecule has 0 aliphatic heterocycles. The predicted molar refractivity (Wildman–Crippen MR) is 77.6 cm³/mol. The summed E-state index contributed by atoms with van der Waals surface area (Å²) < 4.78 is 16.1. The van der Waals surface area contributed by atoms with Crippen LogP contribution < -0.4 is 24.8 Å². The van der Waals surface area contributed by atoms with Crippen LogP contribution in [0, 0.1) is 0 Å². The molecule has 0 saturated carbocycles. The Kier molecular flexibility index (Phi) is 5.76. The zero-order valence-corrected chi connectivity index (χ0v) is 12.4. The third-order valence-corrected chi connectivity index (χ3v) is 3.29. The van der Waals surface area contributed by atoms with Gasteiger partial charge >= 0.3 is 0 Å². The summed E-state index contributed by atoms with van der Waals surface area (Å²) in [7, 11) is 6.90. The molecule has 1 aromatic rings. The first-order valence-corrected chi connectivity index (χ1v) is 6.31. The lowest BCUT2D eigenvalue weighted by molar-refractivity contribution is 0.374. The highest BCUT2D eigenvalue weighted by Crippen LogP contribution is 2.41. The van der Waals surface area contributed by atoms with Gasteiger partial charge in [0.2, 0.25) is 0 Å². The third kappa shape index (κ3) is 3.44. The van der Waals surface area contributed by atoms with Gasteiger partial charge in [0.1, 0.15) is 22.9 Å². The SMILES string of the molecule is COc1cc(OC)c(N(C)C(C)CCN)c(OC)c1. The van der Waals surface area contributed by atoms with E-state index in [9.17, 15) is 0 Å². The highest BCUT2D eigenvalue weighted by molar-refractivity contribution is 5.70. The standard InChI is InChI=1S/C14H24N2O3/c1-10(6-7-15)16(2)14-12(18-4)8-11(17-3)9-13(14)19-5/h8-10H,6-7,15H2,1-5H3. The van der Waals surface area contributed by atoms with Crippen LogP contribution in [0.4, 0.5) is 5.69 Å². The molecule has 19 heavy (non-hydrogen) atoms. The second kappa shape index (κ2) is 7.09. The molecule has 0 fully saturated rings. The molecule has 0 saturated heterocycles. The molecule has 0 bridgehead atoms. The largest absolute Gasteiger partial charge is 0.496 e. The summed E-state index contributed by atoms with van der Waals surface area (Å²) >= 11 is 0. The summed E-state index contributed by atoms with van der Waals surface area (Å²) in [6, 6.07) is 3.99. The smallest absolute Gasteiger partial charge is 0.149 e. The predicted octanol–water partition coefficient (Wildman–Crippen LogP) is 1.89. The lowest BCUT2D eigenvalue weighted by Crippen LogP contribution is -2.31. The molecule has 0 spiro atoms. The van der Waals surface area contributed by atoms with Crippen molar-refractivity contribution < 1.29 is 14.2 Å². The van der Waals surface area contributed by atoms with E-state index in [1.54, 1.807) is 21.3 Å². The summed E-state index contributed by atoms with van der Waals surface area (Å²) in [6.45, 7) is 2.77. The van der Waals surface area contributed by atoms with Crippen LogP contribution in [0.15, 0.2) is 12.1 Å². The number of nitrogens with two attached hydrogens (primary N) is 1. The van der Waals surface area contributed by atoms with Crippen molar-refractivity contribution >= 4 is 5.69 Å². The van der Waals surface area contributed by atoms with Crippen molar-refractivity contribution in [3.05, 3.63) is 12.1 Å². The van der Waals surface area contributed by atoms with Gasteiger partial charge in [0.15, 0.2) is 0 Å². The van der Waals surface area contributed by atoms with E-state index in [4.69, 9.17) is 19.9 Å². The van der Waals surface area contributed by atoms with Gasteiger partial charge in [-0.1, -0.05) is 0 Å².